The number of esters is 2. The fourth-order valence-corrected chi connectivity index (χ4v) is 1.79. The smallest absolute Gasteiger partial charge is 0.339 e. The molecule has 0 aliphatic heterocycles. The van der Waals surface area contributed by atoms with Gasteiger partial charge in [0.1, 0.15) is 12.0 Å². The number of carbonyl (C=O) groups is 3. The molecule has 1 aromatic carbocycles. The van der Waals surface area contributed by atoms with Crippen molar-refractivity contribution in [3.8, 4) is 0 Å². The van der Waals surface area contributed by atoms with Crippen molar-refractivity contribution in [3.63, 3.8) is 0 Å². The Kier molecular flexibility index (Phi) is 4.98. The van der Waals surface area contributed by atoms with E-state index in [0.29, 0.717) is 0 Å². The Hall–Kier alpha value is -3.29. The lowest BCUT2D eigenvalue weighted by Gasteiger charge is -2.11. The number of nitrogens with one attached hydrogen (secondary N) is 1. The molecule has 8 nitrogen and oxygen atoms in total. The number of anilines is 1. The number of hydrogen-bond acceptors (Lipinski definition) is 7. The zero-order valence-corrected chi connectivity index (χ0v) is 12.4. The number of nitrogens with zero attached hydrogens (tertiary/aromatic N) is 2. The second kappa shape index (κ2) is 7.12. The lowest BCUT2D eigenvalue weighted by molar-refractivity contribution is 0.0587. The molecule has 1 amide bonds. The maximum absolute atomic E-state index is 12.2. The number of methoxy groups -OCH3 is 2. The molecule has 2 rings (SSSR count). The molecule has 0 bridgehead atoms. The third-order valence-corrected chi connectivity index (χ3v) is 2.91. The Labute approximate surface area is 131 Å². The molecule has 0 atom stereocenters. The summed E-state index contributed by atoms with van der Waals surface area (Å²) in [7, 11) is 2.45. The van der Waals surface area contributed by atoms with Crippen LogP contribution in [0.3, 0.4) is 0 Å². The minimum atomic E-state index is -0.653. The van der Waals surface area contributed by atoms with Gasteiger partial charge >= 0.3 is 11.9 Å². The first-order valence-electron chi connectivity index (χ1n) is 6.45. The third kappa shape index (κ3) is 3.67. The van der Waals surface area contributed by atoms with Crippen LogP contribution in [0.2, 0.25) is 0 Å². The second-order valence-electron chi connectivity index (χ2n) is 4.29. The summed E-state index contributed by atoms with van der Waals surface area (Å²) in [5.41, 5.74) is 0.503. The van der Waals surface area contributed by atoms with Crippen LogP contribution in [0.1, 0.15) is 31.2 Å². The van der Waals surface area contributed by atoms with Gasteiger partial charge in [0.2, 0.25) is 0 Å². The van der Waals surface area contributed by atoms with Crippen LogP contribution in [0.15, 0.2) is 36.8 Å². The second-order valence-corrected chi connectivity index (χ2v) is 4.29. The summed E-state index contributed by atoms with van der Waals surface area (Å²) in [6.07, 6.45) is 2.63. The molecule has 0 saturated heterocycles. The van der Waals surface area contributed by atoms with Gasteiger partial charge in [0.15, 0.2) is 0 Å². The van der Waals surface area contributed by atoms with E-state index in [9.17, 15) is 14.4 Å². The lowest BCUT2D eigenvalue weighted by atomic mass is 10.1. The fourth-order valence-electron chi connectivity index (χ4n) is 1.79. The van der Waals surface area contributed by atoms with Crippen LogP contribution in [-0.2, 0) is 9.47 Å². The predicted molar refractivity (Wildman–Crippen MR) is 79.1 cm³/mol. The van der Waals surface area contributed by atoms with E-state index in [4.69, 9.17) is 0 Å². The average molecular weight is 315 g/mol. The topological polar surface area (TPSA) is 107 Å². The van der Waals surface area contributed by atoms with Crippen LogP contribution >= 0.6 is 0 Å². The quantitative estimate of drug-likeness (QED) is 0.847. The average Bonchev–Trinajstić information content (AvgIpc) is 2.61. The van der Waals surface area contributed by atoms with Gasteiger partial charge in [0.25, 0.3) is 5.91 Å². The number of ether oxygens (including phenoxy) is 2. The van der Waals surface area contributed by atoms with Crippen molar-refractivity contribution in [2.45, 2.75) is 0 Å². The maximum Gasteiger partial charge on any atom is 0.339 e. The molecule has 0 saturated carbocycles. The molecular weight excluding hydrogens is 302 g/mol. The molecule has 0 fully saturated rings. The van der Waals surface area contributed by atoms with Gasteiger partial charge in [0, 0.05) is 6.20 Å². The maximum atomic E-state index is 12.2. The van der Waals surface area contributed by atoms with Crippen LogP contribution in [0.4, 0.5) is 5.69 Å². The van der Waals surface area contributed by atoms with Crippen LogP contribution in [0.25, 0.3) is 0 Å². The Balaban J connectivity index is 2.39. The standard InChI is InChI=1S/C15H13N3O5/c1-22-14(20)9-3-4-10(15(21)23-2)12(7-9)18-13(19)11-5-6-16-8-17-11/h3-8H,1-2H3,(H,18,19). The summed E-state index contributed by atoms with van der Waals surface area (Å²) >= 11 is 0. The van der Waals surface area contributed by atoms with Gasteiger partial charge in [-0.15, -0.1) is 0 Å². The van der Waals surface area contributed by atoms with E-state index in [2.05, 4.69) is 24.8 Å². The van der Waals surface area contributed by atoms with Gasteiger partial charge in [-0.2, -0.15) is 0 Å². The van der Waals surface area contributed by atoms with E-state index in [0.717, 1.165) is 0 Å². The highest BCUT2D eigenvalue weighted by atomic mass is 16.5. The molecule has 0 spiro atoms. The zero-order chi connectivity index (χ0) is 16.8. The highest BCUT2D eigenvalue weighted by molar-refractivity contribution is 6.08. The summed E-state index contributed by atoms with van der Waals surface area (Å²) in [5, 5.41) is 2.52. The van der Waals surface area contributed by atoms with Crippen molar-refractivity contribution in [1.29, 1.82) is 0 Å². The number of hydrogen-bond donors (Lipinski definition) is 1. The van der Waals surface area contributed by atoms with E-state index in [1.165, 1.54) is 51.0 Å². The van der Waals surface area contributed by atoms with Crippen molar-refractivity contribution >= 4 is 23.5 Å². The molecule has 23 heavy (non-hydrogen) atoms. The molecule has 0 unspecified atom stereocenters. The van der Waals surface area contributed by atoms with E-state index >= 15 is 0 Å². The van der Waals surface area contributed by atoms with Crippen molar-refractivity contribution < 1.29 is 23.9 Å². The van der Waals surface area contributed by atoms with Gasteiger partial charge in [-0.05, 0) is 24.3 Å². The van der Waals surface area contributed by atoms with Crippen molar-refractivity contribution in [2.24, 2.45) is 0 Å². The van der Waals surface area contributed by atoms with Crippen LogP contribution in [0.5, 0.6) is 0 Å². The van der Waals surface area contributed by atoms with Crippen molar-refractivity contribution in [1.82, 2.24) is 9.97 Å². The van der Waals surface area contributed by atoms with E-state index in [-0.39, 0.29) is 22.5 Å². The SMILES string of the molecule is COC(=O)c1ccc(C(=O)OC)c(NC(=O)c2ccncn2)c1. The molecule has 118 valence electrons. The first kappa shape index (κ1) is 16.1. The molecule has 8 heteroatoms. The number of aromatic nitrogens is 2. The first-order valence-corrected chi connectivity index (χ1v) is 6.45. The van der Waals surface area contributed by atoms with E-state index < -0.39 is 17.8 Å². The number of carbonyl (C=O) groups excluding carboxylic acids is 3. The highest BCUT2D eigenvalue weighted by Crippen LogP contribution is 2.20. The van der Waals surface area contributed by atoms with Gasteiger partial charge in [-0.3, -0.25) is 4.79 Å². The molecule has 0 aliphatic rings. The largest absolute Gasteiger partial charge is 0.465 e. The van der Waals surface area contributed by atoms with Crippen LogP contribution in [0, 0.1) is 0 Å². The van der Waals surface area contributed by atoms with E-state index in [1.807, 2.05) is 0 Å². The van der Waals surface area contributed by atoms with Crippen LogP contribution in [-0.4, -0.2) is 42.0 Å². The van der Waals surface area contributed by atoms with Gasteiger partial charge in [-0.25, -0.2) is 19.6 Å². The zero-order valence-electron chi connectivity index (χ0n) is 12.4. The summed E-state index contributed by atoms with van der Waals surface area (Å²) < 4.78 is 9.28. The van der Waals surface area contributed by atoms with Crippen molar-refractivity contribution in [3.05, 3.63) is 53.6 Å². The minimum Gasteiger partial charge on any atom is -0.465 e. The molecule has 2 aromatic rings. The molecule has 0 radical (unpaired) electrons. The molecule has 1 aromatic heterocycles. The normalized spacial score (nSPS) is 9.83. The van der Waals surface area contributed by atoms with Gasteiger partial charge in [-0.1, -0.05) is 0 Å². The van der Waals surface area contributed by atoms with Gasteiger partial charge in [0.05, 0.1) is 31.0 Å². The molecule has 0 aliphatic carbocycles. The fraction of sp³-hybridized carbons (Fsp3) is 0.133. The van der Waals surface area contributed by atoms with Crippen LogP contribution < -0.4 is 5.32 Å². The van der Waals surface area contributed by atoms with E-state index in [1.54, 1.807) is 0 Å². The summed E-state index contributed by atoms with van der Waals surface area (Å²) in [5.74, 6) is -1.81. The third-order valence-electron chi connectivity index (χ3n) is 2.91. The van der Waals surface area contributed by atoms with Crippen molar-refractivity contribution in [2.75, 3.05) is 19.5 Å². The highest BCUT2D eigenvalue weighted by Gasteiger charge is 2.18. The number of amides is 1. The minimum absolute atomic E-state index is 0.0996. The Bertz CT molecular complexity index is 746. The summed E-state index contributed by atoms with van der Waals surface area (Å²) in [6, 6.07) is 5.51. The number of rotatable bonds is 4. The first-order chi connectivity index (χ1) is 11.1. The van der Waals surface area contributed by atoms with Gasteiger partial charge < -0.3 is 14.8 Å². The molecule has 1 N–H and O–H groups in total. The molecular formula is C15H13N3O5. The monoisotopic (exact) mass is 315 g/mol. The number of benzene rings is 1. The lowest BCUT2D eigenvalue weighted by Crippen LogP contribution is -2.17. The Morgan fingerprint density at radius 1 is 1.04 bits per heavy atom. The Morgan fingerprint density at radius 2 is 1.78 bits per heavy atom. The summed E-state index contributed by atoms with van der Waals surface area (Å²) in [4.78, 5) is 43.1. The summed E-state index contributed by atoms with van der Waals surface area (Å²) in [6.45, 7) is 0. The predicted octanol–water partition coefficient (Wildman–Crippen LogP) is 1.30. The Morgan fingerprint density at radius 3 is 2.39 bits per heavy atom. The molecule has 1 heterocycles.